The molecular weight excluding hydrogens is 252 g/mol. The van der Waals surface area contributed by atoms with Crippen molar-refractivity contribution in [1.82, 2.24) is 15.5 Å². The summed E-state index contributed by atoms with van der Waals surface area (Å²) in [6, 6.07) is -0.508. The molecule has 8 heteroatoms. The van der Waals surface area contributed by atoms with Crippen LogP contribution in [0.25, 0.3) is 0 Å². The monoisotopic (exact) mass is 268 g/mol. The van der Waals surface area contributed by atoms with Gasteiger partial charge in [-0.1, -0.05) is 0 Å². The Morgan fingerprint density at radius 2 is 2.16 bits per heavy atom. The van der Waals surface area contributed by atoms with Crippen molar-refractivity contribution in [3.05, 3.63) is 0 Å². The number of rotatable bonds is 1. The molecule has 4 N–H and O–H groups in total. The summed E-state index contributed by atoms with van der Waals surface area (Å²) in [5, 5.41) is 4.81. The SMILES string of the molecule is NC1(C(=O)N2CCC3(C2)NC(=O)NC3=O)CCOC1. The number of carbonyl (C=O) groups is 3. The summed E-state index contributed by atoms with van der Waals surface area (Å²) < 4.78 is 5.17. The van der Waals surface area contributed by atoms with Crippen LogP contribution in [0.5, 0.6) is 0 Å². The summed E-state index contributed by atoms with van der Waals surface area (Å²) >= 11 is 0. The molecule has 0 saturated carbocycles. The lowest BCUT2D eigenvalue weighted by atomic mass is 9.97. The average Bonchev–Trinajstić information content (AvgIpc) is 3.02. The fraction of sp³-hybridized carbons (Fsp3) is 0.727. The highest BCUT2D eigenvalue weighted by Gasteiger charge is 2.54. The van der Waals surface area contributed by atoms with Crippen LogP contribution in [0.1, 0.15) is 12.8 Å². The second-order valence-corrected chi connectivity index (χ2v) is 5.43. The van der Waals surface area contributed by atoms with Crippen LogP contribution in [-0.4, -0.2) is 60.1 Å². The Bertz CT molecular complexity index is 460. The number of hydrogen-bond acceptors (Lipinski definition) is 5. The van der Waals surface area contributed by atoms with E-state index in [4.69, 9.17) is 10.5 Å². The third-order valence-corrected chi connectivity index (χ3v) is 4.05. The van der Waals surface area contributed by atoms with E-state index in [-0.39, 0.29) is 25.0 Å². The van der Waals surface area contributed by atoms with Gasteiger partial charge < -0.3 is 20.7 Å². The molecule has 8 nitrogen and oxygen atoms in total. The minimum atomic E-state index is -0.995. The predicted molar refractivity (Wildman–Crippen MR) is 63.0 cm³/mol. The molecule has 2 unspecified atom stereocenters. The van der Waals surface area contributed by atoms with Crippen molar-refractivity contribution in [3.8, 4) is 0 Å². The number of imide groups is 1. The summed E-state index contributed by atoms with van der Waals surface area (Å²) in [7, 11) is 0. The van der Waals surface area contributed by atoms with E-state index in [1.807, 2.05) is 0 Å². The van der Waals surface area contributed by atoms with Gasteiger partial charge in [-0.15, -0.1) is 0 Å². The van der Waals surface area contributed by atoms with Gasteiger partial charge in [0.25, 0.3) is 5.91 Å². The van der Waals surface area contributed by atoms with Gasteiger partial charge in [-0.2, -0.15) is 0 Å². The minimum Gasteiger partial charge on any atom is -0.379 e. The molecule has 3 aliphatic heterocycles. The zero-order chi connectivity index (χ0) is 13.7. The molecule has 0 radical (unpaired) electrons. The van der Waals surface area contributed by atoms with Gasteiger partial charge in [0.1, 0.15) is 11.1 Å². The van der Waals surface area contributed by atoms with Gasteiger partial charge in [0.2, 0.25) is 5.91 Å². The molecule has 3 saturated heterocycles. The highest BCUT2D eigenvalue weighted by Crippen LogP contribution is 2.28. The summed E-state index contributed by atoms with van der Waals surface area (Å²) in [6.07, 6.45) is 0.890. The average molecular weight is 268 g/mol. The second-order valence-electron chi connectivity index (χ2n) is 5.43. The lowest BCUT2D eigenvalue weighted by molar-refractivity contribution is -0.136. The van der Waals surface area contributed by atoms with Gasteiger partial charge in [0.15, 0.2) is 0 Å². The van der Waals surface area contributed by atoms with Gasteiger partial charge in [-0.3, -0.25) is 14.9 Å². The van der Waals surface area contributed by atoms with E-state index in [1.165, 1.54) is 0 Å². The first-order valence-corrected chi connectivity index (χ1v) is 6.25. The molecule has 1 spiro atoms. The first kappa shape index (κ1) is 12.4. The molecule has 0 bridgehead atoms. The van der Waals surface area contributed by atoms with Crippen molar-refractivity contribution >= 4 is 17.8 Å². The third kappa shape index (κ3) is 1.79. The summed E-state index contributed by atoms with van der Waals surface area (Å²) in [5.41, 5.74) is 4.05. The third-order valence-electron chi connectivity index (χ3n) is 4.05. The van der Waals surface area contributed by atoms with E-state index in [2.05, 4.69) is 10.6 Å². The van der Waals surface area contributed by atoms with Crippen molar-refractivity contribution < 1.29 is 19.1 Å². The standard InChI is InChI=1S/C11H16N4O4/c12-10(2-4-19-6-10)8(17)15-3-1-11(5-15)7(16)13-9(18)14-11/h1-6,12H2,(H2,13,14,16,18). The maximum Gasteiger partial charge on any atom is 0.322 e. The number of amides is 4. The zero-order valence-electron chi connectivity index (χ0n) is 10.4. The second kappa shape index (κ2) is 3.91. The molecule has 0 aromatic carbocycles. The molecule has 104 valence electrons. The molecule has 3 aliphatic rings. The van der Waals surface area contributed by atoms with E-state index >= 15 is 0 Å². The number of hydrogen-bond donors (Lipinski definition) is 3. The van der Waals surface area contributed by atoms with Crippen LogP contribution < -0.4 is 16.4 Å². The molecule has 4 amide bonds. The Morgan fingerprint density at radius 1 is 1.37 bits per heavy atom. The molecule has 3 heterocycles. The number of likely N-dealkylation sites (tertiary alicyclic amines) is 1. The number of carbonyl (C=O) groups excluding carboxylic acids is 3. The molecule has 0 aromatic rings. The fourth-order valence-corrected chi connectivity index (χ4v) is 2.86. The first-order chi connectivity index (χ1) is 8.95. The van der Waals surface area contributed by atoms with Crippen LogP contribution in [0.3, 0.4) is 0 Å². The fourth-order valence-electron chi connectivity index (χ4n) is 2.86. The quantitative estimate of drug-likeness (QED) is 0.472. The smallest absolute Gasteiger partial charge is 0.322 e. The Kier molecular flexibility index (Phi) is 2.55. The normalized spacial score (nSPS) is 37.8. The van der Waals surface area contributed by atoms with Crippen LogP contribution >= 0.6 is 0 Å². The van der Waals surface area contributed by atoms with E-state index in [0.717, 1.165) is 0 Å². The maximum absolute atomic E-state index is 12.4. The minimum absolute atomic E-state index is 0.169. The summed E-state index contributed by atoms with van der Waals surface area (Å²) in [5.74, 6) is -0.586. The number of nitrogens with one attached hydrogen (secondary N) is 2. The largest absolute Gasteiger partial charge is 0.379 e. The van der Waals surface area contributed by atoms with E-state index in [0.29, 0.717) is 26.0 Å². The number of nitrogens with two attached hydrogens (primary N) is 1. The maximum atomic E-state index is 12.4. The van der Waals surface area contributed by atoms with Crippen LogP contribution in [0.2, 0.25) is 0 Å². The van der Waals surface area contributed by atoms with E-state index in [9.17, 15) is 14.4 Å². The van der Waals surface area contributed by atoms with Crippen molar-refractivity contribution in [3.63, 3.8) is 0 Å². The van der Waals surface area contributed by atoms with Crippen molar-refractivity contribution in [2.45, 2.75) is 23.9 Å². The molecule has 3 fully saturated rings. The Morgan fingerprint density at radius 3 is 2.74 bits per heavy atom. The Labute approximate surface area is 109 Å². The van der Waals surface area contributed by atoms with Gasteiger partial charge in [0.05, 0.1) is 13.2 Å². The topological polar surface area (TPSA) is 114 Å². The summed E-state index contributed by atoms with van der Waals surface area (Å²) in [6.45, 7) is 1.25. The van der Waals surface area contributed by atoms with E-state index in [1.54, 1.807) is 4.90 Å². The van der Waals surface area contributed by atoms with Gasteiger partial charge >= 0.3 is 6.03 Å². The molecule has 3 rings (SSSR count). The molecule has 0 aliphatic carbocycles. The van der Waals surface area contributed by atoms with Crippen LogP contribution in [0, 0.1) is 0 Å². The van der Waals surface area contributed by atoms with Gasteiger partial charge in [-0.05, 0) is 12.8 Å². The summed E-state index contributed by atoms with van der Waals surface area (Å²) in [4.78, 5) is 36.9. The van der Waals surface area contributed by atoms with Crippen LogP contribution in [0.4, 0.5) is 4.79 Å². The van der Waals surface area contributed by atoms with Gasteiger partial charge in [-0.25, -0.2) is 4.79 Å². The zero-order valence-corrected chi connectivity index (χ0v) is 10.4. The molecule has 0 aromatic heterocycles. The lowest BCUT2D eigenvalue weighted by Gasteiger charge is -2.28. The van der Waals surface area contributed by atoms with Crippen molar-refractivity contribution in [2.75, 3.05) is 26.3 Å². The number of urea groups is 1. The lowest BCUT2D eigenvalue weighted by Crippen LogP contribution is -2.57. The highest BCUT2D eigenvalue weighted by molar-refractivity contribution is 6.07. The van der Waals surface area contributed by atoms with E-state index < -0.39 is 17.1 Å². The van der Waals surface area contributed by atoms with Gasteiger partial charge in [0, 0.05) is 13.2 Å². The number of ether oxygens (including phenoxy) is 1. The van der Waals surface area contributed by atoms with Crippen LogP contribution in [-0.2, 0) is 14.3 Å². The molecule has 19 heavy (non-hydrogen) atoms. The predicted octanol–water partition coefficient (Wildman–Crippen LogP) is -2.09. The first-order valence-electron chi connectivity index (χ1n) is 6.25. The highest BCUT2D eigenvalue weighted by atomic mass is 16.5. The number of nitrogens with zero attached hydrogens (tertiary/aromatic N) is 1. The molecular formula is C11H16N4O4. The van der Waals surface area contributed by atoms with Crippen molar-refractivity contribution in [1.29, 1.82) is 0 Å². The molecule has 2 atom stereocenters. The van der Waals surface area contributed by atoms with Crippen molar-refractivity contribution in [2.24, 2.45) is 5.73 Å². The Hall–Kier alpha value is -1.67. The van der Waals surface area contributed by atoms with Crippen LogP contribution in [0.15, 0.2) is 0 Å². The Balaban J connectivity index is 1.74.